The molecule has 6 heteroatoms. The number of benzene rings is 1. The Bertz CT molecular complexity index is 442. The van der Waals surface area contributed by atoms with E-state index in [1.54, 1.807) is 0 Å². The molecule has 1 atom stereocenters. The molecule has 18 heavy (non-hydrogen) atoms. The Morgan fingerprint density at radius 2 is 2.11 bits per heavy atom. The van der Waals surface area contributed by atoms with Crippen molar-refractivity contribution in [1.29, 1.82) is 0 Å². The number of nitrogens with zero attached hydrogens (tertiary/aromatic N) is 1. The summed E-state index contributed by atoms with van der Waals surface area (Å²) in [5.74, 6) is 0.397. The minimum absolute atomic E-state index is 0.0164. The highest BCUT2D eigenvalue weighted by Crippen LogP contribution is 2.29. The molecule has 0 bridgehead atoms. The fourth-order valence-electron chi connectivity index (χ4n) is 1.15. The van der Waals surface area contributed by atoms with Gasteiger partial charge in [0.1, 0.15) is 17.4 Å². The van der Waals surface area contributed by atoms with Gasteiger partial charge in [-0.05, 0) is 11.5 Å². The van der Waals surface area contributed by atoms with Crippen LogP contribution in [-0.4, -0.2) is 22.7 Å². The van der Waals surface area contributed by atoms with Crippen molar-refractivity contribution in [2.45, 2.75) is 26.9 Å². The van der Waals surface area contributed by atoms with E-state index in [0.29, 0.717) is 5.75 Å². The van der Waals surface area contributed by atoms with Crippen molar-refractivity contribution in [2.75, 3.05) is 6.61 Å². The molecule has 0 aliphatic carbocycles. The van der Waals surface area contributed by atoms with Crippen molar-refractivity contribution in [3.63, 3.8) is 0 Å². The zero-order chi connectivity index (χ0) is 13.9. The van der Waals surface area contributed by atoms with Crippen LogP contribution in [0, 0.1) is 15.5 Å². The number of ether oxygens (including phenoxy) is 1. The van der Waals surface area contributed by atoms with E-state index in [9.17, 15) is 15.2 Å². The molecule has 0 aliphatic rings. The SMILES string of the molecule is CC(C)(C)C(O)COc1ccc([N+](=O)[O-])c(Cl)c1. The normalized spacial score (nSPS) is 13.2. The van der Waals surface area contributed by atoms with E-state index in [1.165, 1.54) is 18.2 Å². The van der Waals surface area contributed by atoms with Crippen molar-refractivity contribution in [2.24, 2.45) is 5.41 Å². The van der Waals surface area contributed by atoms with Gasteiger partial charge >= 0.3 is 0 Å². The van der Waals surface area contributed by atoms with Gasteiger partial charge in [-0.25, -0.2) is 0 Å². The summed E-state index contributed by atoms with van der Waals surface area (Å²) in [6, 6.07) is 4.11. The van der Waals surface area contributed by atoms with Crippen molar-refractivity contribution in [3.05, 3.63) is 33.3 Å². The molecule has 5 nitrogen and oxygen atoms in total. The van der Waals surface area contributed by atoms with Crippen LogP contribution < -0.4 is 4.74 Å². The molecule has 0 radical (unpaired) electrons. The van der Waals surface area contributed by atoms with Crippen LogP contribution in [0.2, 0.25) is 5.02 Å². The lowest BCUT2D eigenvalue weighted by atomic mass is 9.90. The van der Waals surface area contributed by atoms with Gasteiger partial charge in [-0.3, -0.25) is 10.1 Å². The molecule has 0 saturated carbocycles. The van der Waals surface area contributed by atoms with E-state index in [4.69, 9.17) is 16.3 Å². The molecule has 0 aromatic heterocycles. The second-order valence-electron chi connectivity index (χ2n) is 5.06. The predicted octanol–water partition coefficient (Wildman–Crippen LogP) is 3.03. The van der Waals surface area contributed by atoms with Gasteiger partial charge in [0.15, 0.2) is 0 Å². The molecule has 0 heterocycles. The van der Waals surface area contributed by atoms with Crippen LogP contribution in [0.25, 0.3) is 0 Å². The Labute approximate surface area is 110 Å². The quantitative estimate of drug-likeness (QED) is 0.676. The third-order valence-corrected chi connectivity index (χ3v) is 2.83. The van der Waals surface area contributed by atoms with Gasteiger partial charge in [0.25, 0.3) is 5.69 Å². The molecular weight excluding hydrogens is 258 g/mol. The van der Waals surface area contributed by atoms with Crippen LogP contribution in [0.15, 0.2) is 18.2 Å². The summed E-state index contributed by atoms with van der Waals surface area (Å²) in [6.45, 7) is 5.79. The molecular formula is C12H16ClNO4. The van der Waals surface area contributed by atoms with Crippen molar-refractivity contribution in [3.8, 4) is 5.75 Å². The van der Waals surface area contributed by atoms with E-state index in [-0.39, 0.29) is 22.7 Å². The minimum atomic E-state index is -0.633. The average molecular weight is 274 g/mol. The fraction of sp³-hybridized carbons (Fsp3) is 0.500. The predicted molar refractivity (Wildman–Crippen MR) is 69.1 cm³/mol. The maximum absolute atomic E-state index is 10.6. The summed E-state index contributed by atoms with van der Waals surface area (Å²) >= 11 is 5.75. The van der Waals surface area contributed by atoms with Crippen LogP contribution in [-0.2, 0) is 0 Å². The zero-order valence-electron chi connectivity index (χ0n) is 10.5. The average Bonchev–Trinajstić information content (AvgIpc) is 2.24. The molecule has 0 spiro atoms. The van der Waals surface area contributed by atoms with Crippen molar-refractivity contribution >= 4 is 17.3 Å². The highest BCUT2D eigenvalue weighted by molar-refractivity contribution is 6.32. The van der Waals surface area contributed by atoms with Gasteiger partial charge in [0, 0.05) is 12.1 Å². The number of aliphatic hydroxyl groups is 1. The van der Waals surface area contributed by atoms with Crippen molar-refractivity contribution < 1.29 is 14.8 Å². The third kappa shape index (κ3) is 3.85. The first-order valence-corrected chi connectivity index (χ1v) is 5.84. The second-order valence-corrected chi connectivity index (χ2v) is 5.47. The van der Waals surface area contributed by atoms with Gasteiger partial charge in [-0.2, -0.15) is 0 Å². The molecule has 1 rings (SSSR count). The molecule has 1 aromatic rings. The number of aliphatic hydroxyl groups excluding tert-OH is 1. The Morgan fingerprint density at radius 1 is 1.50 bits per heavy atom. The Morgan fingerprint density at radius 3 is 2.56 bits per heavy atom. The summed E-state index contributed by atoms with van der Waals surface area (Å²) in [5, 5.41) is 20.4. The molecule has 1 unspecified atom stereocenters. The van der Waals surface area contributed by atoms with Gasteiger partial charge in [-0.1, -0.05) is 32.4 Å². The summed E-state index contributed by atoms with van der Waals surface area (Å²) in [7, 11) is 0. The number of nitro benzene ring substituents is 1. The first-order chi connectivity index (χ1) is 8.21. The topological polar surface area (TPSA) is 72.6 Å². The summed E-state index contributed by atoms with van der Waals surface area (Å²) in [4.78, 5) is 10.0. The first kappa shape index (κ1) is 14.7. The largest absolute Gasteiger partial charge is 0.491 e. The van der Waals surface area contributed by atoms with Gasteiger partial charge in [-0.15, -0.1) is 0 Å². The van der Waals surface area contributed by atoms with Gasteiger partial charge < -0.3 is 9.84 Å². The number of halogens is 1. The monoisotopic (exact) mass is 273 g/mol. The van der Waals surface area contributed by atoms with E-state index < -0.39 is 11.0 Å². The van der Waals surface area contributed by atoms with E-state index >= 15 is 0 Å². The summed E-state index contributed by atoms with van der Waals surface area (Å²) in [6.07, 6.45) is -0.633. The lowest BCUT2D eigenvalue weighted by Gasteiger charge is -2.25. The van der Waals surface area contributed by atoms with E-state index in [2.05, 4.69) is 0 Å². The smallest absolute Gasteiger partial charge is 0.288 e. The third-order valence-electron chi connectivity index (χ3n) is 2.52. The lowest BCUT2D eigenvalue weighted by molar-refractivity contribution is -0.384. The maximum Gasteiger partial charge on any atom is 0.288 e. The highest BCUT2D eigenvalue weighted by Gasteiger charge is 2.23. The van der Waals surface area contributed by atoms with Crippen LogP contribution in [0.5, 0.6) is 5.75 Å². The Hall–Kier alpha value is -1.33. The molecule has 0 saturated heterocycles. The fourth-order valence-corrected chi connectivity index (χ4v) is 1.39. The van der Waals surface area contributed by atoms with E-state index in [0.717, 1.165) is 0 Å². The first-order valence-electron chi connectivity index (χ1n) is 5.46. The Kier molecular flexibility index (Phi) is 4.53. The van der Waals surface area contributed by atoms with Gasteiger partial charge in [0.2, 0.25) is 0 Å². The molecule has 100 valence electrons. The number of hydrogen-bond acceptors (Lipinski definition) is 4. The standard InChI is InChI=1S/C12H16ClNO4/c1-12(2,3)11(15)7-18-8-4-5-10(14(16)17)9(13)6-8/h4-6,11,15H,7H2,1-3H3. The second kappa shape index (κ2) is 5.54. The number of nitro groups is 1. The van der Waals surface area contributed by atoms with Crippen LogP contribution in [0.3, 0.4) is 0 Å². The lowest BCUT2D eigenvalue weighted by Crippen LogP contribution is -2.31. The zero-order valence-corrected chi connectivity index (χ0v) is 11.3. The van der Waals surface area contributed by atoms with Crippen LogP contribution in [0.1, 0.15) is 20.8 Å². The molecule has 0 fully saturated rings. The highest BCUT2D eigenvalue weighted by atomic mass is 35.5. The molecule has 0 aliphatic heterocycles. The van der Waals surface area contributed by atoms with Crippen molar-refractivity contribution in [1.82, 2.24) is 0 Å². The molecule has 1 aromatic carbocycles. The maximum atomic E-state index is 10.6. The summed E-state index contributed by atoms with van der Waals surface area (Å²) < 4.78 is 5.35. The van der Waals surface area contributed by atoms with Crippen LogP contribution >= 0.6 is 11.6 Å². The van der Waals surface area contributed by atoms with Gasteiger partial charge in [0.05, 0.1) is 11.0 Å². The van der Waals surface area contributed by atoms with E-state index in [1.807, 2.05) is 20.8 Å². The summed E-state index contributed by atoms with van der Waals surface area (Å²) in [5.41, 5.74) is -0.453. The Balaban J connectivity index is 2.70. The minimum Gasteiger partial charge on any atom is -0.491 e. The molecule has 1 N–H and O–H groups in total. The molecule has 0 amide bonds. The number of rotatable bonds is 4. The number of hydrogen-bond donors (Lipinski definition) is 1. The van der Waals surface area contributed by atoms with Crippen LogP contribution in [0.4, 0.5) is 5.69 Å².